The van der Waals surface area contributed by atoms with Crippen molar-refractivity contribution in [1.82, 2.24) is 19.7 Å². The summed E-state index contributed by atoms with van der Waals surface area (Å²) in [6.07, 6.45) is 8.81. The summed E-state index contributed by atoms with van der Waals surface area (Å²) >= 11 is 0. The van der Waals surface area contributed by atoms with Gasteiger partial charge in [-0.3, -0.25) is 5.10 Å². The molecule has 0 radical (unpaired) electrons. The van der Waals surface area contributed by atoms with Gasteiger partial charge in [0.1, 0.15) is 0 Å². The van der Waals surface area contributed by atoms with E-state index in [2.05, 4.69) is 32.0 Å². The van der Waals surface area contributed by atoms with Gasteiger partial charge in [0, 0.05) is 44.9 Å². The highest BCUT2D eigenvalue weighted by molar-refractivity contribution is 5.25. The molecular formula is C14H23N5O. The normalized spacial score (nSPS) is 10.9. The number of aryl methyl sites for hydroxylation is 3. The predicted octanol–water partition coefficient (Wildman–Crippen LogP) is 2.00. The zero-order valence-corrected chi connectivity index (χ0v) is 12.2. The Morgan fingerprint density at radius 1 is 1.40 bits per heavy atom. The third-order valence-corrected chi connectivity index (χ3v) is 3.30. The van der Waals surface area contributed by atoms with Crippen molar-refractivity contribution in [3.63, 3.8) is 0 Å². The summed E-state index contributed by atoms with van der Waals surface area (Å²) in [5, 5.41) is 10.4. The molecule has 110 valence electrons. The Kier molecular flexibility index (Phi) is 5.61. The van der Waals surface area contributed by atoms with Crippen molar-refractivity contribution in [2.24, 2.45) is 0 Å². The average molecular weight is 277 g/mol. The van der Waals surface area contributed by atoms with E-state index in [9.17, 15) is 0 Å². The minimum atomic E-state index is 0.775. The van der Waals surface area contributed by atoms with E-state index < -0.39 is 0 Å². The van der Waals surface area contributed by atoms with Crippen LogP contribution in [0.1, 0.15) is 24.1 Å². The van der Waals surface area contributed by atoms with Gasteiger partial charge in [0.2, 0.25) is 5.95 Å². The Hall–Kier alpha value is -1.82. The van der Waals surface area contributed by atoms with Gasteiger partial charge in [-0.05, 0) is 31.7 Å². The second kappa shape index (κ2) is 7.69. The molecule has 2 heterocycles. The van der Waals surface area contributed by atoms with Crippen LogP contribution in [-0.4, -0.2) is 40.0 Å². The first-order valence-electron chi connectivity index (χ1n) is 7.04. The molecule has 2 rings (SSSR count). The molecule has 0 aliphatic rings. The number of H-pyrrole nitrogens is 1. The van der Waals surface area contributed by atoms with Crippen LogP contribution < -0.4 is 5.32 Å². The van der Waals surface area contributed by atoms with Crippen molar-refractivity contribution < 1.29 is 4.74 Å². The third kappa shape index (κ3) is 4.09. The van der Waals surface area contributed by atoms with Crippen LogP contribution >= 0.6 is 0 Å². The lowest BCUT2D eigenvalue weighted by molar-refractivity contribution is 0.190. The standard InChI is InChI=1S/C14H23N5O/c1-12-13(11-17-18-12)5-3-6-15-14-16-7-9-19(14)8-4-10-20-2/h7,9,11H,3-6,8,10H2,1-2H3,(H,15,16)(H,17,18). The molecule has 0 aliphatic heterocycles. The molecule has 0 atom stereocenters. The quantitative estimate of drug-likeness (QED) is 0.688. The summed E-state index contributed by atoms with van der Waals surface area (Å²) < 4.78 is 7.20. The molecule has 20 heavy (non-hydrogen) atoms. The summed E-state index contributed by atoms with van der Waals surface area (Å²) in [6, 6.07) is 0. The molecule has 0 amide bonds. The van der Waals surface area contributed by atoms with Crippen LogP contribution in [-0.2, 0) is 17.7 Å². The van der Waals surface area contributed by atoms with Crippen molar-refractivity contribution in [2.45, 2.75) is 32.7 Å². The molecule has 2 aromatic rings. The Morgan fingerprint density at radius 3 is 3.05 bits per heavy atom. The van der Waals surface area contributed by atoms with Gasteiger partial charge in [0.05, 0.1) is 6.20 Å². The highest BCUT2D eigenvalue weighted by Crippen LogP contribution is 2.08. The van der Waals surface area contributed by atoms with Gasteiger partial charge in [-0.1, -0.05) is 0 Å². The molecule has 2 N–H and O–H groups in total. The highest BCUT2D eigenvalue weighted by Gasteiger charge is 2.03. The largest absolute Gasteiger partial charge is 0.385 e. The van der Waals surface area contributed by atoms with E-state index in [1.165, 1.54) is 5.56 Å². The van der Waals surface area contributed by atoms with Crippen molar-refractivity contribution in [1.29, 1.82) is 0 Å². The summed E-state index contributed by atoms with van der Waals surface area (Å²) in [7, 11) is 1.73. The van der Waals surface area contributed by atoms with E-state index in [0.717, 1.165) is 50.6 Å². The zero-order valence-electron chi connectivity index (χ0n) is 12.2. The second-order valence-electron chi connectivity index (χ2n) is 4.84. The molecule has 6 heteroatoms. The van der Waals surface area contributed by atoms with Gasteiger partial charge in [0.25, 0.3) is 0 Å². The number of imidazole rings is 1. The molecule has 0 fully saturated rings. The molecule has 0 bridgehead atoms. The molecule has 0 unspecified atom stereocenters. The first-order chi connectivity index (χ1) is 9.81. The summed E-state index contributed by atoms with van der Waals surface area (Å²) in [6.45, 7) is 4.67. The minimum Gasteiger partial charge on any atom is -0.385 e. The number of anilines is 1. The lowest BCUT2D eigenvalue weighted by Crippen LogP contribution is -2.10. The number of ether oxygens (including phenoxy) is 1. The number of aromatic amines is 1. The van der Waals surface area contributed by atoms with Crippen LogP contribution in [0.3, 0.4) is 0 Å². The first-order valence-corrected chi connectivity index (χ1v) is 7.04. The van der Waals surface area contributed by atoms with Crippen molar-refractivity contribution in [2.75, 3.05) is 25.6 Å². The van der Waals surface area contributed by atoms with Crippen molar-refractivity contribution >= 4 is 5.95 Å². The highest BCUT2D eigenvalue weighted by atomic mass is 16.5. The molecule has 0 aromatic carbocycles. The van der Waals surface area contributed by atoms with Crippen LogP contribution in [0.2, 0.25) is 0 Å². The van der Waals surface area contributed by atoms with E-state index in [-0.39, 0.29) is 0 Å². The van der Waals surface area contributed by atoms with Crippen molar-refractivity contribution in [3.8, 4) is 0 Å². The molecule has 0 spiro atoms. The number of rotatable bonds is 9. The number of aromatic nitrogens is 4. The van der Waals surface area contributed by atoms with Crippen molar-refractivity contribution in [3.05, 3.63) is 29.8 Å². The van der Waals surface area contributed by atoms with Crippen LogP contribution in [0.5, 0.6) is 0 Å². The van der Waals surface area contributed by atoms with Gasteiger partial charge in [-0.2, -0.15) is 5.10 Å². The fraction of sp³-hybridized carbons (Fsp3) is 0.571. The Balaban J connectivity index is 1.71. The van der Waals surface area contributed by atoms with Gasteiger partial charge >= 0.3 is 0 Å². The van der Waals surface area contributed by atoms with Crippen LogP contribution in [0.4, 0.5) is 5.95 Å². The average Bonchev–Trinajstić information content (AvgIpc) is 3.05. The molecule has 2 aromatic heterocycles. The number of nitrogens with one attached hydrogen (secondary N) is 2. The zero-order chi connectivity index (χ0) is 14.2. The van der Waals surface area contributed by atoms with Crippen LogP contribution in [0, 0.1) is 6.92 Å². The lowest BCUT2D eigenvalue weighted by Gasteiger charge is -2.09. The summed E-state index contributed by atoms with van der Waals surface area (Å²) in [5.41, 5.74) is 2.45. The van der Waals surface area contributed by atoms with Gasteiger partial charge in [-0.15, -0.1) is 0 Å². The summed E-state index contributed by atoms with van der Waals surface area (Å²) in [5.74, 6) is 0.935. The molecule has 0 saturated heterocycles. The number of hydrogen-bond acceptors (Lipinski definition) is 4. The number of methoxy groups -OCH3 is 1. The fourth-order valence-electron chi connectivity index (χ4n) is 2.14. The van der Waals surface area contributed by atoms with Crippen LogP contribution in [0.15, 0.2) is 18.6 Å². The van der Waals surface area contributed by atoms with Gasteiger partial charge in [0.15, 0.2) is 0 Å². The van der Waals surface area contributed by atoms with E-state index in [1.54, 1.807) is 7.11 Å². The SMILES string of the molecule is COCCCn1ccnc1NCCCc1cn[nH]c1C. The predicted molar refractivity (Wildman–Crippen MR) is 78.9 cm³/mol. The molecular weight excluding hydrogens is 254 g/mol. The Bertz CT molecular complexity index is 505. The third-order valence-electron chi connectivity index (χ3n) is 3.30. The lowest BCUT2D eigenvalue weighted by atomic mass is 10.1. The number of nitrogens with zero attached hydrogens (tertiary/aromatic N) is 3. The molecule has 0 saturated carbocycles. The van der Waals surface area contributed by atoms with Gasteiger partial charge < -0.3 is 14.6 Å². The maximum atomic E-state index is 5.07. The topological polar surface area (TPSA) is 67.8 Å². The maximum Gasteiger partial charge on any atom is 0.202 e. The summed E-state index contributed by atoms with van der Waals surface area (Å²) in [4.78, 5) is 4.34. The Morgan fingerprint density at radius 2 is 2.30 bits per heavy atom. The molecule has 6 nitrogen and oxygen atoms in total. The second-order valence-corrected chi connectivity index (χ2v) is 4.84. The monoisotopic (exact) mass is 277 g/mol. The molecule has 0 aliphatic carbocycles. The first kappa shape index (κ1) is 14.6. The van der Waals surface area contributed by atoms with Crippen LogP contribution in [0.25, 0.3) is 0 Å². The van der Waals surface area contributed by atoms with E-state index in [4.69, 9.17) is 4.74 Å². The fourth-order valence-corrected chi connectivity index (χ4v) is 2.14. The number of hydrogen-bond donors (Lipinski definition) is 2. The smallest absolute Gasteiger partial charge is 0.202 e. The van der Waals surface area contributed by atoms with E-state index in [0.29, 0.717) is 0 Å². The maximum absolute atomic E-state index is 5.07. The van der Waals surface area contributed by atoms with E-state index in [1.807, 2.05) is 18.6 Å². The van der Waals surface area contributed by atoms with E-state index >= 15 is 0 Å². The Labute approximate surface area is 119 Å². The van der Waals surface area contributed by atoms with Gasteiger partial charge in [-0.25, -0.2) is 4.98 Å². The minimum absolute atomic E-state index is 0.775.